The number of carbonyl (C=O) groups excluding carboxylic acids is 1. The first-order chi connectivity index (χ1) is 7.34. The van der Waals surface area contributed by atoms with Crippen molar-refractivity contribution in [2.24, 2.45) is 5.92 Å². The van der Waals surface area contributed by atoms with Gasteiger partial charge >= 0.3 is 0 Å². The summed E-state index contributed by atoms with van der Waals surface area (Å²) in [7, 11) is 0. The average molecular weight is 263 g/mol. The van der Waals surface area contributed by atoms with Crippen molar-refractivity contribution in [1.82, 2.24) is 15.5 Å². The number of anilines is 1. The van der Waals surface area contributed by atoms with Crippen LogP contribution in [0.25, 0.3) is 0 Å². The zero-order valence-electron chi connectivity index (χ0n) is 8.81. The fourth-order valence-corrected chi connectivity index (χ4v) is 2.21. The lowest BCUT2D eigenvalue weighted by Gasteiger charge is -2.21. The lowest BCUT2D eigenvalue weighted by Crippen LogP contribution is -2.30. The van der Waals surface area contributed by atoms with E-state index in [2.05, 4.69) is 20.8 Å². The zero-order valence-corrected chi connectivity index (χ0v) is 10.4. The van der Waals surface area contributed by atoms with Crippen LogP contribution in [-0.2, 0) is 4.79 Å². The quantitative estimate of drug-likeness (QED) is 0.861. The molecule has 1 saturated heterocycles. The highest BCUT2D eigenvalue weighted by atomic mass is 35.5. The fraction of sp³-hybridized carbons (Fsp3) is 0.667. The maximum Gasteiger partial charge on any atom is 0.226 e. The summed E-state index contributed by atoms with van der Waals surface area (Å²) in [5.41, 5.74) is 1.61. The van der Waals surface area contributed by atoms with E-state index in [9.17, 15) is 4.79 Å². The summed E-state index contributed by atoms with van der Waals surface area (Å²) in [6, 6.07) is 0. The van der Waals surface area contributed by atoms with E-state index in [-0.39, 0.29) is 18.3 Å². The van der Waals surface area contributed by atoms with Gasteiger partial charge in [-0.25, -0.2) is 0 Å². The number of aromatic nitrogens is 2. The number of hydrogen-bond acceptors (Lipinski definition) is 5. The van der Waals surface area contributed by atoms with Gasteiger partial charge < -0.3 is 10.6 Å². The van der Waals surface area contributed by atoms with Crippen molar-refractivity contribution in [3.05, 3.63) is 5.51 Å². The predicted molar refractivity (Wildman–Crippen MR) is 66.0 cm³/mol. The summed E-state index contributed by atoms with van der Waals surface area (Å²) >= 11 is 1.35. The molecule has 0 atom stereocenters. The molecule has 5 nitrogen and oxygen atoms in total. The third-order valence-corrected chi connectivity index (χ3v) is 3.15. The van der Waals surface area contributed by atoms with Gasteiger partial charge in [0, 0.05) is 6.42 Å². The summed E-state index contributed by atoms with van der Waals surface area (Å²) in [5, 5.41) is 14.1. The smallest absolute Gasteiger partial charge is 0.226 e. The Balaban J connectivity index is 0.00000128. The molecule has 2 N–H and O–H groups in total. The van der Waals surface area contributed by atoms with Crippen molar-refractivity contribution in [2.75, 3.05) is 18.4 Å². The minimum atomic E-state index is 0. The first kappa shape index (κ1) is 13.3. The van der Waals surface area contributed by atoms with Gasteiger partial charge in [0.25, 0.3) is 0 Å². The van der Waals surface area contributed by atoms with Crippen LogP contribution in [0.1, 0.15) is 19.3 Å². The molecule has 0 unspecified atom stereocenters. The second-order valence-corrected chi connectivity index (χ2v) is 4.52. The topological polar surface area (TPSA) is 66.9 Å². The molecule has 16 heavy (non-hydrogen) atoms. The van der Waals surface area contributed by atoms with Crippen LogP contribution < -0.4 is 10.6 Å². The Kier molecular flexibility index (Phi) is 5.65. The van der Waals surface area contributed by atoms with Crippen molar-refractivity contribution in [3.8, 4) is 0 Å². The molecule has 1 amide bonds. The second kappa shape index (κ2) is 6.78. The van der Waals surface area contributed by atoms with Crippen molar-refractivity contribution in [1.29, 1.82) is 0 Å². The number of rotatable bonds is 3. The SMILES string of the molecule is Cl.O=C(CC1CCNCC1)Nc1nncs1. The van der Waals surface area contributed by atoms with Gasteiger partial charge in [-0.2, -0.15) is 0 Å². The highest BCUT2D eigenvalue weighted by Gasteiger charge is 2.17. The van der Waals surface area contributed by atoms with Crippen LogP contribution in [0.15, 0.2) is 5.51 Å². The largest absolute Gasteiger partial charge is 0.317 e. The highest BCUT2D eigenvalue weighted by molar-refractivity contribution is 7.13. The first-order valence-electron chi connectivity index (χ1n) is 5.11. The van der Waals surface area contributed by atoms with Gasteiger partial charge in [0.2, 0.25) is 11.0 Å². The Morgan fingerprint density at radius 1 is 1.56 bits per heavy atom. The molecule has 0 bridgehead atoms. The number of nitrogens with one attached hydrogen (secondary N) is 2. The maximum atomic E-state index is 11.6. The van der Waals surface area contributed by atoms with Crippen LogP contribution in [0.3, 0.4) is 0 Å². The van der Waals surface area contributed by atoms with E-state index in [4.69, 9.17) is 0 Å². The van der Waals surface area contributed by atoms with E-state index < -0.39 is 0 Å². The van der Waals surface area contributed by atoms with Crippen molar-refractivity contribution in [3.63, 3.8) is 0 Å². The van der Waals surface area contributed by atoms with Crippen LogP contribution in [0, 0.1) is 5.92 Å². The van der Waals surface area contributed by atoms with Crippen LogP contribution in [0.2, 0.25) is 0 Å². The molecular weight excluding hydrogens is 248 g/mol. The van der Waals surface area contributed by atoms with Gasteiger partial charge in [-0.3, -0.25) is 4.79 Å². The number of hydrogen-bond donors (Lipinski definition) is 2. The average Bonchev–Trinajstić information content (AvgIpc) is 2.71. The minimum absolute atomic E-state index is 0. The van der Waals surface area contributed by atoms with E-state index in [1.165, 1.54) is 11.3 Å². The lowest BCUT2D eigenvalue weighted by molar-refractivity contribution is -0.117. The van der Waals surface area contributed by atoms with Crippen LogP contribution in [0.4, 0.5) is 5.13 Å². The fourth-order valence-electron chi connectivity index (χ4n) is 1.75. The molecule has 0 aromatic carbocycles. The standard InChI is InChI=1S/C9H14N4OS.ClH/c14-8(12-9-13-11-6-15-9)5-7-1-3-10-4-2-7;/h6-7,10H,1-5H2,(H,12,13,14);1H. The van der Waals surface area contributed by atoms with E-state index in [1.807, 2.05) is 0 Å². The van der Waals surface area contributed by atoms with E-state index >= 15 is 0 Å². The molecule has 0 aliphatic carbocycles. The molecular formula is C9H15ClN4OS. The summed E-state index contributed by atoms with van der Waals surface area (Å²) in [5.74, 6) is 0.567. The number of amides is 1. The Labute approximate surface area is 104 Å². The third kappa shape index (κ3) is 4.03. The molecule has 1 aromatic rings. The third-order valence-electron chi connectivity index (χ3n) is 2.54. The Bertz CT molecular complexity index is 313. The van der Waals surface area contributed by atoms with Crippen molar-refractivity contribution < 1.29 is 4.79 Å². The molecule has 1 fully saturated rings. The summed E-state index contributed by atoms with van der Waals surface area (Å²) in [6.45, 7) is 2.05. The van der Waals surface area contributed by atoms with Gasteiger partial charge in [0.05, 0.1) is 0 Å². The number of piperidine rings is 1. The number of halogens is 1. The van der Waals surface area contributed by atoms with E-state index in [0.29, 0.717) is 17.5 Å². The molecule has 7 heteroatoms. The van der Waals surface area contributed by atoms with Crippen molar-refractivity contribution >= 4 is 34.8 Å². The maximum absolute atomic E-state index is 11.6. The lowest BCUT2D eigenvalue weighted by atomic mass is 9.94. The van der Waals surface area contributed by atoms with Crippen molar-refractivity contribution in [2.45, 2.75) is 19.3 Å². The number of carbonyl (C=O) groups is 1. The van der Waals surface area contributed by atoms with Gasteiger partial charge in [-0.1, -0.05) is 11.3 Å². The van der Waals surface area contributed by atoms with Gasteiger partial charge in [-0.15, -0.1) is 22.6 Å². The minimum Gasteiger partial charge on any atom is -0.317 e. The van der Waals surface area contributed by atoms with Gasteiger partial charge in [-0.05, 0) is 31.8 Å². The first-order valence-corrected chi connectivity index (χ1v) is 5.99. The molecule has 2 heterocycles. The second-order valence-electron chi connectivity index (χ2n) is 3.69. The van der Waals surface area contributed by atoms with E-state index in [0.717, 1.165) is 25.9 Å². The monoisotopic (exact) mass is 262 g/mol. The Morgan fingerprint density at radius 2 is 2.31 bits per heavy atom. The molecule has 0 radical (unpaired) electrons. The molecule has 90 valence electrons. The molecule has 0 saturated carbocycles. The zero-order chi connectivity index (χ0) is 10.5. The Hall–Kier alpha value is -0.720. The van der Waals surface area contributed by atoms with Gasteiger partial charge in [0.1, 0.15) is 5.51 Å². The van der Waals surface area contributed by atoms with Crippen LogP contribution in [-0.4, -0.2) is 29.2 Å². The van der Waals surface area contributed by atoms with Crippen LogP contribution in [0.5, 0.6) is 0 Å². The Morgan fingerprint density at radius 3 is 2.94 bits per heavy atom. The molecule has 1 aromatic heterocycles. The highest BCUT2D eigenvalue weighted by Crippen LogP contribution is 2.17. The molecule has 1 aliphatic heterocycles. The number of nitrogens with zero attached hydrogens (tertiary/aromatic N) is 2. The summed E-state index contributed by atoms with van der Waals surface area (Å²) in [4.78, 5) is 11.6. The predicted octanol–water partition coefficient (Wildman–Crippen LogP) is 1.29. The summed E-state index contributed by atoms with van der Waals surface area (Å²) in [6.07, 6.45) is 2.77. The van der Waals surface area contributed by atoms with Gasteiger partial charge in [0.15, 0.2) is 0 Å². The molecule has 1 aliphatic rings. The summed E-state index contributed by atoms with van der Waals surface area (Å²) < 4.78 is 0. The molecule has 0 spiro atoms. The van der Waals surface area contributed by atoms with E-state index in [1.54, 1.807) is 5.51 Å². The van der Waals surface area contributed by atoms with Crippen LogP contribution >= 0.6 is 23.7 Å². The molecule has 2 rings (SSSR count). The normalized spacial score (nSPS) is 16.5.